The Labute approximate surface area is 114 Å². The second-order valence-corrected chi connectivity index (χ2v) is 4.72. The summed E-state index contributed by atoms with van der Waals surface area (Å²) >= 11 is 0. The van der Waals surface area contributed by atoms with E-state index >= 15 is 0 Å². The molecular formula is C17H19NO. The predicted octanol–water partition coefficient (Wildman–Crippen LogP) is 4.45. The average molecular weight is 253 g/mol. The van der Waals surface area contributed by atoms with E-state index in [9.17, 15) is 4.79 Å². The molecule has 2 nitrogen and oxygen atoms in total. The van der Waals surface area contributed by atoms with Crippen LogP contribution in [0.2, 0.25) is 0 Å². The van der Waals surface area contributed by atoms with E-state index in [1.807, 2.05) is 48.5 Å². The van der Waals surface area contributed by atoms with E-state index in [1.54, 1.807) is 0 Å². The molecule has 0 saturated heterocycles. The SMILES string of the molecule is CC[C@H](C)c1ccccc1NC(=O)c1ccccc1. The van der Waals surface area contributed by atoms with Crippen LogP contribution in [0.5, 0.6) is 0 Å². The van der Waals surface area contributed by atoms with Crippen LogP contribution in [-0.2, 0) is 0 Å². The molecule has 1 amide bonds. The number of carbonyl (C=O) groups is 1. The van der Waals surface area contributed by atoms with Crippen molar-refractivity contribution in [2.75, 3.05) is 5.32 Å². The van der Waals surface area contributed by atoms with E-state index < -0.39 is 0 Å². The van der Waals surface area contributed by atoms with Crippen LogP contribution < -0.4 is 5.32 Å². The van der Waals surface area contributed by atoms with Gasteiger partial charge in [-0.2, -0.15) is 0 Å². The van der Waals surface area contributed by atoms with Crippen LogP contribution in [0.3, 0.4) is 0 Å². The minimum absolute atomic E-state index is 0.0589. The molecule has 0 radical (unpaired) electrons. The molecule has 0 heterocycles. The first-order valence-electron chi connectivity index (χ1n) is 6.67. The fourth-order valence-corrected chi connectivity index (χ4v) is 2.04. The van der Waals surface area contributed by atoms with Crippen molar-refractivity contribution in [3.63, 3.8) is 0 Å². The van der Waals surface area contributed by atoms with Crippen LogP contribution in [0.4, 0.5) is 5.69 Å². The summed E-state index contributed by atoms with van der Waals surface area (Å²) in [5, 5.41) is 3.00. The van der Waals surface area contributed by atoms with Crippen molar-refractivity contribution in [3.8, 4) is 0 Å². The van der Waals surface area contributed by atoms with Crippen molar-refractivity contribution >= 4 is 11.6 Å². The molecule has 1 atom stereocenters. The molecule has 0 aliphatic carbocycles. The Kier molecular flexibility index (Phi) is 4.35. The monoisotopic (exact) mass is 253 g/mol. The molecule has 98 valence electrons. The number of rotatable bonds is 4. The third-order valence-corrected chi connectivity index (χ3v) is 3.39. The first kappa shape index (κ1) is 13.3. The Morgan fingerprint density at radius 2 is 1.68 bits per heavy atom. The van der Waals surface area contributed by atoms with Crippen LogP contribution in [0.1, 0.15) is 42.1 Å². The van der Waals surface area contributed by atoms with E-state index in [1.165, 1.54) is 5.56 Å². The van der Waals surface area contributed by atoms with Gasteiger partial charge in [-0.15, -0.1) is 0 Å². The zero-order chi connectivity index (χ0) is 13.7. The maximum Gasteiger partial charge on any atom is 0.255 e. The van der Waals surface area contributed by atoms with Gasteiger partial charge in [-0.3, -0.25) is 4.79 Å². The lowest BCUT2D eigenvalue weighted by Gasteiger charge is -2.15. The van der Waals surface area contributed by atoms with Crippen molar-refractivity contribution in [2.24, 2.45) is 0 Å². The van der Waals surface area contributed by atoms with Gasteiger partial charge in [0.2, 0.25) is 0 Å². The number of hydrogen-bond acceptors (Lipinski definition) is 1. The fourth-order valence-electron chi connectivity index (χ4n) is 2.04. The molecule has 2 rings (SSSR count). The molecule has 2 aromatic carbocycles. The van der Waals surface area contributed by atoms with Gasteiger partial charge in [0.15, 0.2) is 0 Å². The molecule has 0 spiro atoms. The lowest BCUT2D eigenvalue weighted by Crippen LogP contribution is -2.13. The minimum atomic E-state index is -0.0589. The summed E-state index contributed by atoms with van der Waals surface area (Å²) < 4.78 is 0. The summed E-state index contributed by atoms with van der Waals surface area (Å²) in [5.41, 5.74) is 2.78. The average Bonchev–Trinajstić information content (AvgIpc) is 2.48. The first-order valence-corrected chi connectivity index (χ1v) is 6.67. The highest BCUT2D eigenvalue weighted by Crippen LogP contribution is 2.26. The summed E-state index contributed by atoms with van der Waals surface area (Å²) in [4.78, 5) is 12.2. The highest BCUT2D eigenvalue weighted by atomic mass is 16.1. The third kappa shape index (κ3) is 3.22. The molecule has 0 unspecified atom stereocenters. The van der Waals surface area contributed by atoms with Crippen molar-refractivity contribution in [1.82, 2.24) is 0 Å². The van der Waals surface area contributed by atoms with Gasteiger partial charge in [-0.1, -0.05) is 50.2 Å². The molecular weight excluding hydrogens is 234 g/mol. The zero-order valence-electron chi connectivity index (χ0n) is 11.4. The van der Waals surface area contributed by atoms with Crippen molar-refractivity contribution in [2.45, 2.75) is 26.2 Å². The molecule has 0 aliphatic rings. The Morgan fingerprint density at radius 1 is 1.05 bits per heavy atom. The number of hydrogen-bond donors (Lipinski definition) is 1. The number of anilines is 1. The molecule has 0 aliphatic heterocycles. The largest absolute Gasteiger partial charge is 0.322 e. The van der Waals surface area contributed by atoms with Crippen molar-refractivity contribution in [1.29, 1.82) is 0 Å². The number of nitrogens with one attached hydrogen (secondary N) is 1. The Balaban J connectivity index is 2.22. The topological polar surface area (TPSA) is 29.1 Å². The highest BCUT2D eigenvalue weighted by Gasteiger charge is 2.11. The maximum absolute atomic E-state index is 12.2. The normalized spacial score (nSPS) is 11.9. The van der Waals surface area contributed by atoms with Gasteiger partial charge >= 0.3 is 0 Å². The van der Waals surface area contributed by atoms with Gasteiger partial charge in [0, 0.05) is 11.3 Å². The molecule has 2 heteroatoms. The van der Waals surface area contributed by atoms with E-state index in [4.69, 9.17) is 0 Å². The summed E-state index contributed by atoms with van der Waals surface area (Å²) in [6.45, 7) is 4.33. The van der Waals surface area contributed by atoms with Gasteiger partial charge in [0.1, 0.15) is 0 Å². The van der Waals surface area contributed by atoms with E-state index in [-0.39, 0.29) is 5.91 Å². The lowest BCUT2D eigenvalue weighted by atomic mass is 9.97. The van der Waals surface area contributed by atoms with Crippen LogP contribution in [-0.4, -0.2) is 5.91 Å². The molecule has 0 bridgehead atoms. The second kappa shape index (κ2) is 6.19. The molecule has 0 fully saturated rings. The fraction of sp³-hybridized carbons (Fsp3) is 0.235. The molecule has 19 heavy (non-hydrogen) atoms. The second-order valence-electron chi connectivity index (χ2n) is 4.72. The van der Waals surface area contributed by atoms with Crippen LogP contribution in [0.15, 0.2) is 54.6 Å². The van der Waals surface area contributed by atoms with E-state index in [2.05, 4.69) is 25.2 Å². The van der Waals surface area contributed by atoms with Crippen molar-refractivity contribution in [3.05, 3.63) is 65.7 Å². The molecule has 2 aromatic rings. The zero-order valence-corrected chi connectivity index (χ0v) is 11.4. The van der Waals surface area contributed by atoms with E-state index in [0.717, 1.165) is 12.1 Å². The minimum Gasteiger partial charge on any atom is -0.322 e. The Hall–Kier alpha value is -2.09. The quantitative estimate of drug-likeness (QED) is 0.856. The maximum atomic E-state index is 12.2. The number of para-hydroxylation sites is 1. The summed E-state index contributed by atoms with van der Waals surface area (Å²) in [6.07, 6.45) is 1.05. The van der Waals surface area contributed by atoms with Gasteiger partial charge in [-0.25, -0.2) is 0 Å². The summed E-state index contributed by atoms with van der Waals surface area (Å²) in [6, 6.07) is 17.3. The molecule has 0 aromatic heterocycles. The lowest BCUT2D eigenvalue weighted by molar-refractivity contribution is 0.102. The van der Waals surface area contributed by atoms with Gasteiger partial charge < -0.3 is 5.32 Å². The van der Waals surface area contributed by atoms with Gasteiger partial charge in [0.05, 0.1) is 0 Å². The summed E-state index contributed by atoms with van der Waals surface area (Å²) in [5.74, 6) is 0.378. The van der Waals surface area contributed by atoms with Crippen LogP contribution in [0.25, 0.3) is 0 Å². The predicted molar refractivity (Wildman–Crippen MR) is 79.5 cm³/mol. The Morgan fingerprint density at radius 3 is 2.37 bits per heavy atom. The Bertz CT molecular complexity index is 548. The number of carbonyl (C=O) groups excluding carboxylic acids is 1. The first-order chi connectivity index (χ1) is 9.22. The van der Waals surface area contributed by atoms with Gasteiger partial charge in [0.25, 0.3) is 5.91 Å². The molecule has 0 saturated carbocycles. The van der Waals surface area contributed by atoms with E-state index in [0.29, 0.717) is 11.5 Å². The summed E-state index contributed by atoms with van der Waals surface area (Å²) in [7, 11) is 0. The standard InChI is InChI=1S/C17H19NO/c1-3-13(2)15-11-7-8-12-16(15)18-17(19)14-9-5-4-6-10-14/h4-13H,3H2,1-2H3,(H,18,19)/t13-/m0/s1. The van der Waals surface area contributed by atoms with Gasteiger partial charge in [-0.05, 0) is 36.1 Å². The third-order valence-electron chi connectivity index (χ3n) is 3.39. The highest BCUT2D eigenvalue weighted by molar-refractivity contribution is 6.04. The number of benzene rings is 2. The smallest absolute Gasteiger partial charge is 0.255 e. The van der Waals surface area contributed by atoms with Crippen LogP contribution >= 0.6 is 0 Å². The number of amides is 1. The molecule has 1 N–H and O–H groups in total. The van der Waals surface area contributed by atoms with Crippen LogP contribution in [0, 0.1) is 0 Å². The van der Waals surface area contributed by atoms with Crippen molar-refractivity contribution < 1.29 is 4.79 Å².